The highest BCUT2D eigenvalue weighted by molar-refractivity contribution is 5.78. The van der Waals surface area contributed by atoms with Crippen LogP contribution in [0, 0.1) is 0 Å². The van der Waals surface area contributed by atoms with Crippen molar-refractivity contribution in [2.75, 3.05) is 18.6 Å². The van der Waals surface area contributed by atoms with E-state index in [0.29, 0.717) is 6.54 Å². The van der Waals surface area contributed by atoms with Crippen molar-refractivity contribution < 1.29 is 14.3 Å². The number of ether oxygens (including phenoxy) is 2. The second kappa shape index (κ2) is 5.87. The number of carbonyl (C=O) groups is 1. The van der Waals surface area contributed by atoms with Gasteiger partial charge < -0.3 is 14.4 Å². The molecule has 1 aliphatic heterocycles. The number of rotatable bonds is 3. The molecule has 0 radical (unpaired) electrons. The lowest BCUT2D eigenvalue weighted by Crippen LogP contribution is -2.44. The monoisotopic (exact) mass is 283 g/mol. The van der Waals surface area contributed by atoms with Crippen molar-refractivity contribution in [3.63, 3.8) is 0 Å². The van der Waals surface area contributed by atoms with Gasteiger partial charge in [-0.3, -0.25) is 0 Å². The molecule has 0 amide bonds. The quantitative estimate of drug-likeness (QED) is 0.812. The van der Waals surface area contributed by atoms with E-state index < -0.39 is 6.10 Å². The summed E-state index contributed by atoms with van der Waals surface area (Å²) in [6.45, 7) is 1.22. The van der Waals surface area contributed by atoms with Crippen LogP contribution in [0.15, 0.2) is 54.6 Å². The summed E-state index contributed by atoms with van der Waals surface area (Å²) in [6, 6.07) is 17.9. The summed E-state index contributed by atoms with van der Waals surface area (Å²) >= 11 is 0. The van der Waals surface area contributed by atoms with Gasteiger partial charge in [0.1, 0.15) is 5.75 Å². The third-order valence-electron chi connectivity index (χ3n) is 3.54. The zero-order valence-electron chi connectivity index (χ0n) is 11.9. The first-order valence-corrected chi connectivity index (χ1v) is 6.90. The van der Waals surface area contributed by atoms with E-state index in [0.717, 1.165) is 18.0 Å². The number of methoxy groups -OCH3 is 1. The molecule has 0 aromatic heterocycles. The molecular weight excluding hydrogens is 266 g/mol. The van der Waals surface area contributed by atoms with Crippen molar-refractivity contribution in [3.05, 3.63) is 60.2 Å². The number of nitrogens with zero attached hydrogens (tertiary/aromatic N) is 1. The molecule has 0 aliphatic carbocycles. The summed E-state index contributed by atoms with van der Waals surface area (Å²) in [4.78, 5) is 13.9. The molecule has 0 fully saturated rings. The molecule has 0 bridgehead atoms. The Labute approximate surface area is 123 Å². The highest BCUT2D eigenvalue weighted by Gasteiger charge is 2.31. The Bertz CT molecular complexity index is 627. The predicted octanol–water partition coefficient (Wildman–Crippen LogP) is 2.63. The molecule has 0 N–H and O–H groups in total. The Hall–Kier alpha value is -2.49. The largest absolute Gasteiger partial charge is 0.475 e. The van der Waals surface area contributed by atoms with Crippen LogP contribution < -0.4 is 9.64 Å². The molecular formula is C17H17NO3. The summed E-state index contributed by atoms with van der Waals surface area (Å²) in [7, 11) is 1.38. The van der Waals surface area contributed by atoms with E-state index in [-0.39, 0.29) is 5.97 Å². The average Bonchev–Trinajstić information content (AvgIpc) is 2.55. The fourth-order valence-electron chi connectivity index (χ4n) is 2.51. The molecule has 4 nitrogen and oxygen atoms in total. The lowest BCUT2D eigenvalue weighted by Gasteiger charge is -2.35. The summed E-state index contributed by atoms with van der Waals surface area (Å²) in [5.41, 5.74) is 2.19. The molecule has 21 heavy (non-hydrogen) atoms. The van der Waals surface area contributed by atoms with Crippen LogP contribution in [0.25, 0.3) is 0 Å². The van der Waals surface area contributed by atoms with Gasteiger partial charge in [0.25, 0.3) is 0 Å². The van der Waals surface area contributed by atoms with Crippen LogP contribution in [0.1, 0.15) is 5.56 Å². The zero-order chi connectivity index (χ0) is 14.7. The summed E-state index contributed by atoms with van der Waals surface area (Å²) in [6.07, 6.45) is -0.589. The molecule has 1 aliphatic rings. The normalized spacial score (nSPS) is 16.8. The molecule has 0 saturated heterocycles. The van der Waals surface area contributed by atoms with Crippen LogP contribution in [0.5, 0.6) is 5.75 Å². The molecule has 1 heterocycles. The SMILES string of the molecule is COC(=O)[C@@H]1CN(Cc2ccccc2)c2ccccc2O1. The van der Waals surface area contributed by atoms with Crippen molar-refractivity contribution in [2.45, 2.75) is 12.6 Å². The number of fused-ring (bicyclic) bond motifs is 1. The van der Waals surface area contributed by atoms with E-state index in [1.54, 1.807) is 0 Å². The van der Waals surface area contributed by atoms with E-state index in [1.807, 2.05) is 42.5 Å². The first-order valence-electron chi connectivity index (χ1n) is 6.90. The number of para-hydroxylation sites is 2. The van der Waals surface area contributed by atoms with E-state index in [4.69, 9.17) is 9.47 Å². The van der Waals surface area contributed by atoms with Crippen molar-refractivity contribution >= 4 is 11.7 Å². The lowest BCUT2D eigenvalue weighted by atomic mass is 10.1. The highest BCUT2D eigenvalue weighted by Crippen LogP contribution is 2.34. The maximum Gasteiger partial charge on any atom is 0.348 e. The molecule has 2 aromatic rings. The van der Waals surface area contributed by atoms with E-state index >= 15 is 0 Å². The summed E-state index contributed by atoms with van der Waals surface area (Å²) in [5, 5.41) is 0. The first-order chi connectivity index (χ1) is 10.3. The third-order valence-corrected chi connectivity index (χ3v) is 3.54. The van der Waals surface area contributed by atoms with Crippen LogP contribution in [-0.2, 0) is 16.1 Å². The number of benzene rings is 2. The van der Waals surface area contributed by atoms with Crippen molar-refractivity contribution in [1.82, 2.24) is 0 Å². The number of carbonyl (C=O) groups excluding carboxylic acids is 1. The molecule has 0 unspecified atom stereocenters. The first kappa shape index (κ1) is 13.5. The highest BCUT2D eigenvalue weighted by atomic mass is 16.6. The van der Waals surface area contributed by atoms with Crippen LogP contribution >= 0.6 is 0 Å². The van der Waals surface area contributed by atoms with Gasteiger partial charge in [-0.05, 0) is 17.7 Å². The number of anilines is 1. The molecule has 0 saturated carbocycles. The number of hydrogen-bond donors (Lipinski definition) is 0. The van der Waals surface area contributed by atoms with Gasteiger partial charge in [-0.25, -0.2) is 4.79 Å². The van der Waals surface area contributed by atoms with Crippen LogP contribution in [0.2, 0.25) is 0 Å². The maximum absolute atomic E-state index is 11.8. The van der Waals surface area contributed by atoms with Crippen molar-refractivity contribution in [2.24, 2.45) is 0 Å². The summed E-state index contributed by atoms with van der Waals surface area (Å²) < 4.78 is 10.5. The fraction of sp³-hybridized carbons (Fsp3) is 0.235. The number of esters is 1. The number of hydrogen-bond acceptors (Lipinski definition) is 4. The topological polar surface area (TPSA) is 38.8 Å². The lowest BCUT2D eigenvalue weighted by molar-refractivity contribution is -0.148. The van der Waals surface area contributed by atoms with Crippen LogP contribution in [0.4, 0.5) is 5.69 Å². The molecule has 4 heteroatoms. The van der Waals surface area contributed by atoms with Crippen molar-refractivity contribution in [1.29, 1.82) is 0 Å². The second-order valence-electron chi connectivity index (χ2n) is 4.96. The van der Waals surface area contributed by atoms with E-state index in [2.05, 4.69) is 17.0 Å². The Morgan fingerprint density at radius 3 is 2.67 bits per heavy atom. The standard InChI is InChI=1S/C17H17NO3/c1-20-17(19)16-12-18(11-13-7-3-2-4-8-13)14-9-5-6-10-15(14)21-16/h2-10,16H,11-12H2,1H3/t16-/m0/s1. The Kier molecular flexibility index (Phi) is 3.77. The van der Waals surface area contributed by atoms with Gasteiger partial charge in [0.2, 0.25) is 6.10 Å². The smallest absolute Gasteiger partial charge is 0.348 e. The average molecular weight is 283 g/mol. The second-order valence-corrected chi connectivity index (χ2v) is 4.96. The summed E-state index contributed by atoms with van der Waals surface area (Å²) in [5.74, 6) is 0.373. The third kappa shape index (κ3) is 2.84. The van der Waals surface area contributed by atoms with Gasteiger partial charge in [0, 0.05) is 6.54 Å². The minimum atomic E-state index is -0.589. The maximum atomic E-state index is 11.8. The minimum absolute atomic E-state index is 0.345. The molecule has 0 spiro atoms. The van der Waals surface area contributed by atoms with Gasteiger partial charge in [0.05, 0.1) is 19.3 Å². The Morgan fingerprint density at radius 1 is 1.19 bits per heavy atom. The molecule has 1 atom stereocenters. The predicted molar refractivity (Wildman–Crippen MR) is 80.4 cm³/mol. The molecule has 108 valence electrons. The van der Waals surface area contributed by atoms with E-state index in [1.165, 1.54) is 12.7 Å². The van der Waals surface area contributed by atoms with Gasteiger partial charge in [-0.1, -0.05) is 42.5 Å². The van der Waals surface area contributed by atoms with Crippen LogP contribution in [-0.4, -0.2) is 25.7 Å². The Morgan fingerprint density at radius 2 is 1.90 bits per heavy atom. The van der Waals surface area contributed by atoms with Gasteiger partial charge in [-0.15, -0.1) is 0 Å². The molecule has 3 rings (SSSR count). The Balaban J connectivity index is 1.89. The van der Waals surface area contributed by atoms with E-state index in [9.17, 15) is 4.79 Å². The zero-order valence-corrected chi connectivity index (χ0v) is 11.9. The van der Waals surface area contributed by atoms with Crippen LogP contribution in [0.3, 0.4) is 0 Å². The van der Waals surface area contributed by atoms with Gasteiger partial charge >= 0.3 is 5.97 Å². The fourth-order valence-corrected chi connectivity index (χ4v) is 2.51. The van der Waals surface area contributed by atoms with Gasteiger partial charge in [0.15, 0.2) is 0 Å². The molecule has 2 aromatic carbocycles. The van der Waals surface area contributed by atoms with Crippen molar-refractivity contribution in [3.8, 4) is 5.75 Å². The van der Waals surface area contributed by atoms with Gasteiger partial charge in [-0.2, -0.15) is 0 Å². The minimum Gasteiger partial charge on any atom is -0.475 e.